The van der Waals surface area contributed by atoms with E-state index in [4.69, 9.17) is 34.8 Å². The van der Waals surface area contributed by atoms with Crippen LogP contribution in [0.1, 0.15) is 5.56 Å². The highest BCUT2D eigenvalue weighted by molar-refractivity contribution is 6.35. The average molecular weight is 274 g/mol. The topological polar surface area (TPSA) is 25.8 Å². The van der Waals surface area contributed by atoms with Crippen LogP contribution in [0.5, 0.6) is 0 Å². The van der Waals surface area contributed by atoms with Crippen LogP contribution in [-0.4, -0.2) is 9.97 Å². The van der Waals surface area contributed by atoms with E-state index in [1.165, 1.54) is 0 Å². The van der Waals surface area contributed by atoms with Gasteiger partial charge in [-0.2, -0.15) is 0 Å². The molecule has 0 N–H and O–H groups in total. The van der Waals surface area contributed by atoms with Crippen molar-refractivity contribution in [3.63, 3.8) is 0 Å². The van der Waals surface area contributed by atoms with Crippen LogP contribution in [0.15, 0.2) is 30.6 Å². The molecule has 0 saturated carbocycles. The zero-order valence-electron chi connectivity index (χ0n) is 8.12. The van der Waals surface area contributed by atoms with Crippen LogP contribution in [0, 0.1) is 0 Å². The molecule has 5 heteroatoms. The van der Waals surface area contributed by atoms with Crippen molar-refractivity contribution >= 4 is 34.8 Å². The second kappa shape index (κ2) is 5.00. The Bertz CT molecular complexity index is 497. The van der Waals surface area contributed by atoms with Gasteiger partial charge in [0.15, 0.2) is 5.82 Å². The molecule has 2 aromatic rings. The van der Waals surface area contributed by atoms with Gasteiger partial charge >= 0.3 is 0 Å². The zero-order chi connectivity index (χ0) is 11.5. The molecule has 0 unspecified atom stereocenters. The molecule has 2 rings (SSSR count). The van der Waals surface area contributed by atoms with Crippen LogP contribution in [0.25, 0.3) is 11.4 Å². The fraction of sp³-hybridized carbons (Fsp3) is 0.0909. The number of benzene rings is 1. The van der Waals surface area contributed by atoms with E-state index >= 15 is 0 Å². The number of halogens is 3. The number of alkyl halides is 1. The van der Waals surface area contributed by atoms with Crippen LogP contribution < -0.4 is 0 Å². The summed E-state index contributed by atoms with van der Waals surface area (Å²) in [6.07, 6.45) is 3.35. The molecule has 0 bridgehead atoms. The monoisotopic (exact) mass is 272 g/mol. The van der Waals surface area contributed by atoms with Crippen molar-refractivity contribution in [2.75, 3.05) is 0 Å². The Hall–Kier alpha value is -0.830. The quantitative estimate of drug-likeness (QED) is 0.767. The first kappa shape index (κ1) is 11.6. The number of hydrogen-bond acceptors (Lipinski definition) is 2. The maximum atomic E-state index is 6.04. The fourth-order valence-corrected chi connectivity index (χ4v) is 1.74. The standard InChI is InChI=1S/C11H7Cl3N2/c12-4-7-5-15-11(16-6-7)9-3-8(13)1-2-10(9)14/h1-3,5-6H,4H2. The highest BCUT2D eigenvalue weighted by atomic mass is 35.5. The average Bonchev–Trinajstić information content (AvgIpc) is 2.32. The lowest BCUT2D eigenvalue weighted by Gasteiger charge is -2.03. The Balaban J connectivity index is 2.45. The van der Waals surface area contributed by atoms with Gasteiger partial charge in [0.1, 0.15) is 0 Å². The minimum atomic E-state index is 0.392. The highest BCUT2D eigenvalue weighted by Gasteiger charge is 2.07. The van der Waals surface area contributed by atoms with Crippen molar-refractivity contribution in [2.45, 2.75) is 5.88 Å². The summed E-state index contributed by atoms with van der Waals surface area (Å²) in [5.41, 5.74) is 1.58. The van der Waals surface area contributed by atoms with E-state index in [9.17, 15) is 0 Å². The van der Waals surface area contributed by atoms with Crippen molar-refractivity contribution in [3.05, 3.63) is 46.2 Å². The minimum absolute atomic E-state index is 0.392. The molecule has 1 aromatic carbocycles. The summed E-state index contributed by atoms with van der Waals surface area (Å²) in [7, 11) is 0. The molecule has 1 aromatic heterocycles. The summed E-state index contributed by atoms with van der Waals surface area (Å²) in [4.78, 5) is 8.37. The second-order valence-corrected chi connectivity index (χ2v) is 4.28. The molecule has 0 aliphatic heterocycles. The van der Waals surface area contributed by atoms with Crippen molar-refractivity contribution in [3.8, 4) is 11.4 Å². The predicted molar refractivity (Wildman–Crippen MR) is 67.0 cm³/mol. The Kier molecular flexibility index (Phi) is 3.64. The van der Waals surface area contributed by atoms with Gasteiger partial charge < -0.3 is 0 Å². The lowest BCUT2D eigenvalue weighted by atomic mass is 10.2. The number of nitrogens with zero attached hydrogens (tertiary/aromatic N) is 2. The smallest absolute Gasteiger partial charge is 0.160 e. The summed E-state index contributed by atoms with van der Waals surface area (Å²) in [5, 5.41) is 1.17. The van der Waals surface area contributed by atoms with Gasteiger partial charge in [-0.15, -0.1) is 11.6 Å². The molecule has 16 heavy (non-hydrogen) atoms. The van der Waals surface area contributed by atoms with Crippen LogP contribution in [0.4, 0.5) is 0 Å². The maximum Gasteiger partial charge on any atom is 0.160 e. The number of aromatic nitrogens is 2. The van der Waals surface area contributed by atoms with Gasteiger partial charge in [-0.25, -0.2) is 9.97 Å². The van der Waals surface area contributed by atoms with Gasteiger partial charge in [0.05, 0.1) is 10.9 Å². The first-order valence-electron chi connectivity index (χ1n) is 4.53. The van der Waals surface area contributed by atoms with Crippen LogP contribution in [-0.2, 0) is 5.88 Å². The molecule has 0 saturated heterocycles. The summed E-state index contributed by atoms with van der Waals surface area (Å²) >= 11 is 17.6. The zero-order valence-corrected chi connectivity index (χ0v) is 10.4. The SMILES string of the molecule is ClCc1cnc(-c2cc(Cl)ccc2Cl)nc1. The van der Waals surface area contributed by atoms with Gasteiger partial charge in [0, 0.05) is 28.5 Å². The summed E-state index contributed by atoms with van der Waals surface area (Å²) in [6, 6.07) is 5.18. The predicted octanol–water partition coefficient (Wildman–Crippen LogP) is 4.19. The molecule has 0 atom stereocenters. The van der Waals surface area contributed by atoms with Crippen LogP contribution in [0.2, 0.25) is 10.0 Å². The lowest BCUT2D eigenvalue weighted by molar-refractivity contribution is 1.13. The van der Waals surface area contributed by atoms with Crippen molar-refractivity contribution in [1.29, 1.82) is 0 Å². The summed E-state index contributed by atoms with van der Waals surface area (Å²) < 4.78 is 0. The van der Waals surface area contributed by atoms with Gasteiger partial charge in [-0.1, -0.05) is 23.2 Å². The van der Waals surface area contributed by atoms with E-state index in [1.54, 1.807) is 30.6 Å². The third kappa shape index (κ3) is 2.46. The Morgan fingerprint density at radius 1 is 1.06 bits per heavy atom. The normalized spacial score (nSPS) is 10.4. The van der Waals surface area contributed by atoms with Crippen LogP contribution in [0.3, 0.4) is 0 Å². The largest absolute Gasteiger partial charge is 0.236 e. The molecule has 1 heterocycles. The second-order valence-electron chi connectivity index (χ2n) is 3.17. The lowest BCUT2D eigenvalue weighted by Crippen LogP contribution is -1.91. The number of hydrogen-bond donors (Lipinski definition) is 0. The summed E-state index contributed by atoms with van der Waals surface area (Å²) in [6.45, 7) is 0. The number of rotatable bonds is 2. The van der Waals surface area contributed by atoms with Crippen molar-refractivity contribution in [1.82, 2.24) is 9.97 Å². The Morgan fingerprint density at radius 3 is 2.38 bits per heavy atom. The first-order valence-corrected chi connectivity index (χ1v) is 5.82. The van der Waals surface area contributed by atoms with E-state index in [0.717, 1.165) is 11.1 Å². The van der Waals surface area contributed by atoms with E-state index in [1.807, 2.05) is 0 Å². The van der Waals surface area contributed by atoms with Crippen molar-refractivity contribution < 1.29 is 0 Å². The Morgan fingerprint density at radius 2 is 1.75 bits per heavy atom. The maximum absolute atomic E-state index is 6.04. The fourth-order valence-electron chi connectivity index (χ4n) is 1.23. The molecule has 0 aliphatic rings. The molecular formula is C11H7Cl3N2. The van der Waals surface area contributed by atoms with Crippen molar-refractivity contribution in [2.24, 2.45) is 0 Å². The van der Waals surface area contributed by atoms with E-state index in [0.29, 0.717) is 21.7 Å². The highest BCUT2D eigenvalue weighted by Crippen LogP contribution is 2.27. The van der Waals surface area contributed by atoms with Gasteiger partial charge in [0.2, 0.25) is 0 Å². The molecule has 0 radical (unpaired) electrons. The van der Waals surface area contributed by atoms with Gasteiger partial charge in [0.25, 0.3) is 0 Å². The first-order chi connectivity index (χ1) is 7.70. The molecule has 0 fully saturated rings. The van der Waals surface area contributed by atoms with Crippen LogP contribution >= 0.6 is 34.8 Å². The molecule has 82 valence electrons. The van der Waals surface area contributed by atoms with E-state index < -0.39 is 0 Å². The minimum Gasteiger partial charge on any atom is -0.236 e. The molecule has 0 amide bonds. The Labute approximate surface area is 108 Å². The van der Waals surface area contributed by atoms with Gasteiger partial charge in [-0.05, 0) is 18.2 Å². The van der Waals surface area contributed by atoms with E-state index in [-0.39, 0.29) is 0 Å². The third-order valence-electron chi connectivity index (χ3n) is 2.03. The van der Waals surface area contributed by atoms with Gasteiger partial charge in [-0.3, -0.25) is 0 Å². The molecule has 2 nitrogen and oxygen atoms in total. The third-order valence-corrected chi connectivity index (χ3v) is 2.90. The molecule has 0 aliphatic carbocycles. The summed E-state index contributed by atoms with van der Waals surface area (Å²) in [5.74, 6) is 0.935. The molecular weight excluding hydrogens is 266 g/mol. The molecule has 0 spiro atoms. The van der Waals surface area contributed by atoms with E-state index in [2.05, 4.69) is 9.97 Å².